The van der Waals surface area contributed by atoms with E-state index in [0.29, 0.717) is 72.8 Å². The number of halogens is 2. The van der Waals surface area contributed by atoms with E-state index in [0.717, 1.165) is 11.1 Å². The number of rotatable bonds is 9. The van der Waals surface area contributed by atoms with Crippen molar-refractivity contribution in [3.05, 3.63) is 64.2 Å². The molecule has 5 rings (SSSR count). The Hall–Kier alpha value is -3.88. The molecule has 0 unspecified atom stereocenters. The molecule has 9 nitrogen and oxygen atoms in total. The highest BCUT2D eigenvalue weighted by Gasteiger charge is 2.35. The smallest absolute Gasteiger partial charge is 0.282 e. The van der Waals surface area contributed by atoms with Gasteiger partial charge in [0.1, 0.15) is 23.1 Å². The summed E-state index contributed by atoms with van der Waals surface area (Å²) in [5.41, 5.74) is 3.61. The number of aromatic nitrogens is 3. The molecule has 2 aliphatic rings. The Bertz CT molecular complexity index is 1500. The standard InChI is InChI=1S/C30H34F2N6O3/c1-5-41-27-12-25(34-14-20(27)13-33)17(2)38-9-7-21-22(24-15-36(4)35-28(24)29(31)32)10-19(11-23(21)30(38)40)6-8-37-16-26(39)18(37)3/h10-12,14-15,17-18,26,29,39H,5-9,16H2,1-4H3/t17-,18+,26+/m0/s1. The summed E-state index contributed by atoms with van der Waals surface area (Å²) in [4.78, 5) is 22.3. The Balaban J connectivity index is 1.52. The number of benzene rings is 1. The van der Waals surface area contributed by atoms with E-state index in [9.17, 15) is 23.9 Å². The number of aryl methyl sites for hydroxylation is 1. The van der Waals surface area contributed by atoms with Gasteiger partial charge in [-0.1, -0.05) is 6.07 Å². The molecule has 2 aliphatic heterocycles. The molecular formula is C30H34F2N6O3. The molecule has 11 heteroatoms. The molecule has 4 heterocycles. The first-order chi connectivity index (χ1) is 19.6. The summed E-state index contributed by atoms with van der Waals surface area (Å²) >= 11 is 0. The van der Waals surface area contributed by atoms with Crippen LogP contribution >= 0.6 is 0 Å². The van der Waals surface area contributed by atoms with Gasteiger partial charge in [-0.05, 0) is 56.4 Å². The lowest BCUT2D eigenvalue weighted by molar-refractivity contribution is -0.0510. The van der Waals surface area contributed by atoms with Gasteiger partial charge in [0.05, 0.1) is 24.4 Å². The Morgan fingerprint density at radius 2 is 2.00 bits per heavy atom. The van der Waals surface area contributed by atoms with Crippen LogP contribution < -0.4 is 4.74 Å². The molecule has 0 spiro atoms. The van der Waals surface area contributed by atoms with Crippen LogP contribution in [0.2, 0.25) is 0 Å². The molecule has 3 atom stereocenters. The van der Waals surface area contributed by atoms with E-state index in [1.54, 1.807) is 24.2 Å². The summed E-state index contributed by atoms with van der Waals surface area (Å²) in [5, 5.41) is 23.3. The zero-order valence-electron chi connectivity index (χ0n) is 23.6. The van der Waals surface area contributed by atoms with Gasteiger partial charge in [0, 0.05) is 62.3 Å². The summed E-state index contributed by atoms with van der Waals surface area (Å²) < 4.78 is 35.0. The number of nitrogens with zero attached hydrogens (tertiary/aromatic N) is 6. The number of fused-ring (bicyclic) bond motifs is 1. The fourth-order valence-electron chi connectivity index (χ4n) is 5.74. The fourth-order valence-corrected chi connectivity index (χ4v) is 5.74. The van der Waals surface area contributed by atoms with Gasteiger partial charge in [-0.15, -0.1) is 0 Å². The highest BCUT2D eigenvalue weighted by Crippen LogP contribution is 2.38. The average molecular weight is 565 g/mol. The van der Waals surface area contributed by atoms with Crippen molar-refractivity contribution in [2.24, 2.45) is 7.05 Å². The number of pyridine rings is 1. The molecule has 2 aromatic heterocycles. The van der Waals surface area contributed by atoms with Crippen LogP contribution in [0.1, 0.15) is 71.7 Å². The van der Waals surface area contributed by atoms with Crippen LogP contribution in [0.5, 0.6) is 5.75 Å². The van der Waals surface area contributed by atoms with Crippen molar-refractivity contribution in [3.8, 4) is 22.9 Å². The Labute approximate surface area is 238 Å². The predicted octanol–water partition coefficient (Wildman–Crippen LogP) is 4.06. The number of hydrogen-bond donors (Lipinski definition) is 1. The first-order valence-corrected chi connectivity index (χ1v) is 13.9. The lowest BCUT2D eigenvalue weighted by Gasteiger charge is -2.43. The maximum atomic E-state index is 14.0. The van der Waals surface area contributed by atoms with Crippen LogP contribution in [0.25, 0.3) is 11.1 Å². The summed E-state index contributed by atoms with van der Waals surface area (Å²) in [6.45, 7) is 7.70. The van der Waals surface area contributed by atoms with E-state index in [-0.39, 0.29) is 23.7 Å². The van der Waals surface area contributed by atoms with Gasteiger partial charge in [0.15, 0.2) is 0 Å². The summed E-state index contributed by atoms with van der Waals surface area (Å²) in [6, 6.07) is 7.20. The predicted molar refractivity (Wildman–Crippen MR) is 148 cm³/mol. The van der Waals surface area contributed by atoms with Gasteiger partial charge in [-0.25, -0.2) is 8.78 Å². The van der Waals surface area contributed by atoms with Crippen LogP contribution in [0.15, 0.2) is 30.6 Å². The molecule has 3 aromatic rings. The number of alkyl halides is 2. The molecule has 1 fully saturated rings. The first-order valence-electron chi connectivity index (χ1n) is 13.9. The minimum atomic E-state index is -2.76. The molecule has 1 N–H and O–H groups in total. The van der Waals surface area contributed by atoms with E-state index in [2.05, 4.69) is 21.1 Å². The largest absolute Gasteiger partial charge is 0.492 e. The van der Waals surface area contributed by atoms with Gasteiger partial charge < -0.3 is 14.7 Å². The van der Waals surface area contributed by atoms with Crippen molar-refractivity contribution in [1.82, 2.24) is 24.6 Å². The molecule has 0 saturated carbocycles. The molecule has 41 heavy (non-hydrogen) atoms. The van der Waals surface area contributed by atoms with Crippen molar-refractivity contribution >= 4 is 5.91 Å². The van der Waals surface area contributed by atoms with E-state index < -0.39 is 12.5 Å². The quantitative estimate of drug-likeness (QED) is 0.418. The van der Waals surface area contributed by atoms with Crippen molar-refractivity contribution < 1.29 is 23.4 Å². The number of amides is 1. The van der Waals surface area contributed by atoms with Crippen molar-refractivity contribution in [2.45, 2.75) is 58.2 Å². The number of carbonyl (C=O) groups excluding carboxylic acids is 1. The van der Waals surface area contributed by atoms with Crippen LogP contribution in [-0.4, -0.2) is 74.0 Å². The Morgan fingerprint density at radius 3 is 2.66 bits per heavy atom. The van der Waals surface area contributed by atoms with Crippen LogP contribution in [0, 0.1) is 11.3 Å². The highest BCUT2D eigenvalue weighted by molar-refractivity contribution is 5.99. The van der Waals surface area contributed by atoms with Gasteiger partial charge in [0.25, 0.3) is 12.3 Å². The van der Waals surface area contributed by atoms with Gasteiger partial charge in [-0.2, -0.15) is 10.4 Å². The zero-order chi connectivity index (χ0) is 29.4. The number of ether oxygens (including phenoxy) is 1. The van der Waals surface area contributed by atoms with Gasteiger partial charge in [0.2, 0.25) is 0 Å². The number of nitriles is 1. The monoisotopic (exact) mass is 564 g/mol. The van der Waals surface area contributed by atoms with Crippen LogP contribution in [0.4, 0.5) is 8.78 Å². The van der Waals surface area contributed by atoms with Crippen molar-refractivity contribution in [1.29, 1.82) is 5.26 Å². The summed E-state index contributed by atoms with van der Waals surface area (Å²) in [6.07, 6.45) is 1.00. The molecule has 1 amide bonds. The van der Waals surface area contributed by atoms with Crippen molar-refractivity contribution in [3.63, 3.8) is 0 Å². The molecule has 1 aromatic carbocycles. The number of carbonyl (C=O) groups is 1. The first kappa shape index (κ1) is 28.6. The van der Waals surface area contributed by atoms with Gasteiger partial charge >= 0.3 is 0 Å². The molecule has 0 bridgehead atoms. The van der Waals surface area contributed by atoms with Crippen LogP contribution in [-0.2, 0) is 19.9 Å². The van der Waals surface area contributed by atoms with E-state index in [1.165, 1.54) is 10.9 Å². The highest BCUT2D eigenvalue weighted by atomic mass is 19.3. The Morgan fingerprint density at radius 1 is 1.24 bits per heavy atom. The maximum absolute atomic E-state index is 14.0. The number of likely N-dealkylation sites (tertiary alicyclic amines) is 1. The number of β-amino-alcohol motifs (C(OH)–C–C–N with tert-alkyl or cyclic N) is 1. The lowest BCUT2D eigenvalue weighted by Crippen LogP contribution is -2.58. The number of aliphatic hydroxyl groups excluding tert-OH is 1. The summed E-state index contributed by atoms with van der Waals surface area (Å²) in [7, 11) is 1.61. The summed E-state index contributed by atoms with van der Waals surface area (Å²) in [5.74, 6) is 0.212. The molecular weight excluding hydrogens is 530 g/mol. The fraction of sp³-hybridized carbons (Fsp3) is 0.467. The second-order valence-electron chi connectivity index (χ2n) is 10.7. The normalized spacial score (nSPS) is 19.6. The molecule has 0 aliphatic carbocycles. The van der Waals surface area contributed by atoms with Crippen LogP contribution in [0.3, 0.4) is 0 Å². The minimum absolute atomic E-state index is 0.0512. The average Bonchev–Trinajstić information content (AvgIpc) is 3.36. The van der Waals surface area contributed by atoms with Crippen molar-refractivity contribution in [2.75, 3.05) is 26.2 Å². The topological polar surface area (TPSA) is 108 Å². The van der Waals surface area contributed by atoms with Gasteiger partial charge in [-0.3, -0.25) is 19.4 Å². The zero-order valence-corrected chi connectivity index (χ0v) is 23.6. The second-order valence-corrected chi connectivity index (χ2v) is 10.7. The second kappa shape index (κ2) is 11.5. The molecule has 0 radical (unpaired) electrons. The maximum Gasteiger partial charge on any atom is 0.282 e. The number of hydrogen-bond acceptors (Lipinski definition) is 7. The Kier molecular flexibility index (Phi) is 8.07. The van der Waals surface area contributed by atoms with E-state index >= 15 is 0 Å². The third-order valence-electron chi connectivity index (χ3n) is 8.20. The molecule has 1 saturated heterocycles. The molecule has 216 valence electrons. The lowest BCUT2D eigenvalue weighted by atomic mass is 9.87. The number of aliphatic hydroxyl groups is 1. The van der Waals surface area contributed by atoms with E-state index in [1.807, 2.05) is 32.9 Å². The minimum Gasteiger partial charge on any atom is -0.492 e. The van der Waals surface area contributed by atoms with E-state index in [4.69, 9.17) is 4.74 Å². The third kappa shape index (κ3) is 5.42. The SMILES string of the molecule is CCOc1cc([C@H](C)N2CCc3c(cc(CCN4C[C@@H](O)[C@H]4C)cc3-c3cn(C)nc3C(F)F)C2=O)ncc1C#N. The third-order valence-corrected chi connectivity index (χ3v) is 8.20.